The number of nitrogens with zero attached hydrogens (tertiary/aromatic N) is 4. The lowest BCUT2D eigenvalue weighted by atomic mass is 10.2. The maximum Gasteiger partial charge on any atom is 0.191 e. The van der Waals surface area contributed by atoms with Crippen molar-refractivity contribution in [3.05, 3.63) is 11.1 Å². The molecule has 1 aliphatic carbocycles. The number of nitrogens with one attached hydrogen (secondary N) is 2. The first-order chi connectivity index (χ1) is 11.7. The van der Waals surface area contributed by atoms with E-state index in [2.05, 4.69) is 30.9 Å². The molecule has 1 saturated carbocycles. The lowest BCUT2D eigenvalue weighted by molar-refractivity contribution is 0.242. The first kappa shape index (κ1) is 17.5. The molecule has 2 N–H and O–H groups in total. The van der Waals surface area contributed by atoms with Crippen LogP contribution in [-0.4, -0.2) is 62.2 Å². The quantitative estimate of drug-likeness (QED) is 0.627. The molecule has 1 aliphatic heterocycles. The van der Waals surface area contributed by atoms with E-state index < -0.39 is 0 Å². The maximum atomic E-state index is 4.60. The van der Waals surface area contributed by atoms with Gasteiger partial charge in [-0.2, -0.15) is 0 Å². The SMILES string of the molecule is CN=C(NCc1csc(N(C)C)n1)NC1CCN(C2CCCC2)C1. The molecular formula is C17H30N6S. The largest absolute Gasteiger partial charge is 0.354 e. The van der Waals surface area contributed by atoms with Gasteiger partial charge in [-0.1, -0.05) is 12.8 Å². The van der Waals surface area contributed by atoms with Gasteiger partial charge in [0, 0.05) is 51.7 Å². The molecule has 1 aromatic heterocycles. The fraction of sp³-hybridized carbons (Fsp3) is 0.765. The van der Waals surface area contributed by atoms with Crippen molar-refractivity contribution < 1.29 is 0 Å². The average molecular weight is 351 g/mol. The predicted molar refractivity (Wildman–Crippen MR) is 102 cm³/mol. The van der Waals surface area contributed by atoms with E-state index in [1.165, 1.54) is 38.6 Å². The number of aromatic nitrogens is 1. The van der Waals surface area contributed by atoms with E-state index in [9.17, 15) is 0 Å². The first-order valence-corrected chi connectivity index (χ1v) is 9.86. The van der Waals surface area contributed by atoms with Crippen molar-refractivity contribution in [3.63, 3.8) is 0 Å². The van der Waals surface area contributed by atoms with Crippen molar-refractivity contribution in [2.45, 2.75) is 50.7 Å². The van der Waals surface area contributed by atoms with Crippen LogP contribution in [0.25, 0.3) is 0 Å². The molecule has 134 valence electrons. The fourth-order valence-corrected chi connectivity index (χ4v) is 4.41. The van der Waals surface area contributed by atoms with E-state index in [1.54, 1.807) is 11.3 Å². The van der Waals surface area contributed by atoms with Crippen LogP contribution >= 0.6 is 11.3 Å². The number of hydrogen-bond donors (Lipinski definition) is 2. The second-order valence-corrected chi connectivity index (χ2v) is 7.84. The number of rotatable bonds is 5. The van der Waals surface area contributed by atoms with E-state index >= 15 is 0 Å². The summed E-state index contributed by atoms with van der Waals surface area (Å²) < 4.78 is 0. The molecule has 24 heavy (non-hydrogen) atoms. The molecule has 7 heteroatoms. The van der Waals surface area contributed by atoms with Gasteiger partial charge in [0.05, 0.1) is 12.2 Å². The summed E-state index contributed by atoms with van der Waals surface area (Å²) >= 11 is 1.67. The highest BCUT2D eigenvalue weighted by Gasteiger charge is 2.30. The molecule has 1 aromatic rings. The zero-order valence-corrected chi connectivity index (χ0v) is 15.9. The number of guanidine groups is 1. The second kappa shape index (κ2) is 8.16. The summed E-state index contributed by atoms with van der Waals surface area (Å²) in [5, 5.41) is 10.1. The minimum Gasteiger partial charge on any atom is -0.354 e. The fourth-order valence-electron chi connectivity index (χ4n) is 3.65. The third-order valence-electron chi connectivity index (χ3n) is 4.98. The van der Waals surface area contributed by atoms with Crippen molar-refractivity contribution in [2.24, 2.45) is 4.99 Å². The lowest BCUT2D eigenvalue weighted by Gasteiger charge is -2.24. The molecular weight excluding hydrogens is 320 g/mol. The van der Waals surface area contributed by atoms with Crippen LogP contribution < -0.4 is 15.5 Å². The zero-order chi connectivity index (χ0) is 16.9. The van der Waals surface area contributed by atoms with Gasteiger partial charge in [-0.05, 0) is 19.3 Å². The molecule has 1 unspecified atom stereocenters. The van der Waals surface area contributed by atoms with Gasteiger partial charge in [0.1, 0.15) is 0 Å². The highest BCUT2D eigenvalue weighted by molar-refractivity contribution is 7.13. The number of thiazole rings is 1. The summed E-state index contributed by atoms with van der Waals surface area (Å²) in [6.45, 7) is 3.08. The number of hydrogen-bond acceptors (Lipinski definition) is 5. The van der Waals surface area contributed by atoms with Crippen LogP contribution in [0, 0.1) is 0 Å². The molecule has 1 atom stereocenters. The van der Waals surface area contributed by atoms with Crippen LogP contribution in [0.3, 0.4) is 0 Å². The van der Waals surface area contributed by atoms with E-state index in [-0.39, 0.29) is 0 Å². The molecule has 0 spiro atoms. The van der Waals surface area contributed by atoms with Gasteiger partial charge in [-0.3, -0.25) is 9.89 Å². The van der Waals surface area contributed by atoms with Gasteiger partial charge < -0.3 is 15.5 Å². The van der Waals surface area contributed by atoms with Gasteiger partial charge in [0.25, 0.3) is 0 Å². The summed E-state index contributed by atoms with van der Waals surface area (Å²) in [5.41, 5.74) is 1.06. The molecule has 0 radical (unpaired) electrons. The minimum absolute atomic E-state index is 0.504. The Bertz CT molecular complexity index is 549. The summed E-state index contributed by atoms with van der Waals surface area (Å²) in [7, 11) is 5.88. The Morgan fingerprint density at radius 2 is 2.17 bits per heavy atom. The topological polar surface area (TPSA) is 55.8 Å². The molecule has 0 amide bonds. The molecule has 0 aromatic carbocycles. The Kier molecular flexibility index (Phi) is 5.94. The summed E-state index contributed by atoms with van der Waals surface area (Å²) in [4.78, 5) is 13.7. The van der Waals surface area contributed by atoms with E-state index in [0.717, 1.165) is 29.4 Å². The van der Waals surface area contributed by atoms with Gasteiger partial charge in [0.15, 0.2) is 11.1 Å². The van der Waals surface area contributed by atoms with Gasteiger partial charge in [-0.25, -0.2) is 4.98 Å². The first-order valence-electron chi connectivity index (χ1n) is 8.98. The molecule has 3 rings (SSSR count). The highest BCUT2D eigenvalue weighted by atomic mass is 32.1. The predicted octanol–water partition coefficient (Wildman–Crippen LogP) is 1.89. The molecule has 0 bridgehead atoms. The van der Waals surface area contributed by atoms with Gasteiger partial charge in [-0.15, -0.1) is 11.3 Å². The zero-order valence-electron chi connectivity index (χ0n) is 15.1. The summed E-state index contributed by atoms with van der Waals surface area (Å²) in [6, 6.07) is 1.33. The van der Waals surface area contributed by atoms with Crippen LogP contribution in [0.4, 0.5) is 5.13 Å². The van der Waals surface area contributed by atoms with Crippen molar-refractivity contribution >= 4 is 22.4 Å². The number of likely N-dealkylation sites (tertiary alicyclic amines) is 1. The number of aliphatic imine (C=N–C) groups is 1. The summed E-state index contributed by atoms with van der Waals surface area (Å²) in [5.74, 6) is 0.882. The van der Waals surface area contributed by atoms with Crippen LogP contribution in [-0.2, 0) is 6.54 Å². The Labute approximate surface area is 149 Å². The van der Waals surface area contributed by atoms with Crippen molar-refractivity contribution in [1.29, 1.82) is 0 Å². The molecule has 6 nitrogen and oxygen atoms in total. The smallest absolute Gasteiger partial charge is 0.191 e. The van der Waals surface area contributed by atoms with Gasteiger partial charge in [0.2, 0.25) is 0 Å². The normalized spacial score (nSPS) is 23.0. The van der Waals surface area contributed by atoms with Crippen molar-refractivity contribution in [1.82, 2.24) is 20.5 Å². The molecule has 2 heterocycles. The lowest BCUT2D eigenvalue weighted by Crippen LogP contribution is -2.45. The van der Waals surface area contributed by atoms with Crippen molar-refractivity contribution in [2.75, 3.05) is 39.1 Å². The second-order valence-electron chi connectivity index (χ2n) is 7.00. The van der Waals surface area contributed by atoms with E-state index in [1.807, 2.05) is 26.0 Å². The van der Waals surface area contributed by atoms with Crippen molar-refractivity contribution in [3.8, 4) is 0 Å². The Morgan fingerprint density at radius 1 is 1.38 bits per heavy atom. The van der Waals surface area contributed by atoms with Gasteiger partial charge >= 0.3 is 0 Å². The molecule has 2 aliphatic rings. The Balaban J connectivity index is 1.45. The third-order valence-corrected chi connectivity index (χ3v) is 6.04. The molecule has 2 fully saturated rings. The minimum atomic E-state index is 0.504. The monoisotopic (exact) mass is 350 g/mol. The number of anilines is 1. The standard InChI is InChI=1S/C17H30N6S/c1-18-16(19-10-14-12-24-17(21-14)22(2)3)20-13-8-9-23(11-13)15-6-4-5-7-15/h12-13,15H,4-11H2,1-3H3,(H2,18,19,20). The van der Waals surface area contributed by atoms with E-state index in [4.69, 9.17) is 0 Å². The Morgan fingerprint density at radius 3 is 2.83 bits per heavy atom. The molecule has 1 saturated heterocycles. The maximum absolute atomic E-state index is 4.60. The average Bonchev–Trinajstić information content (AvgIpc) is 3.31. The van der Waals surface area contributed by atoms with E-state index in [0.29, 0.717) is 12.6 Å². The van der Waals surface area contributed by atoms with Crippen LogP contribution in [0.1, 0.15) is 37.8 Å². The van der Waals surface area contributed by atoms with Crippen LogP contribution in [0.2, 0.25) is 0 Å². The van der Waals surface area contributed by atoms with Crippen LogP contribution in [0.5, 0.6) is 0 Å². The van der Waals surface area contributed by atoms with Crippen LogP contribution in [0.15, 0.2) is 10.4 Å². The Hall–Kier alpha value is -1.34. The summed E-state index contributed by atoms with van der Waals surface area (Å²) in [6.07, 6.45) is 6.80. The third kappa shape index (κ3) is 4.39. The highest BCUT2D eigenvalue weighted by Crippen LogP contribution is 2.26.